The maximum atomic E-state index is 12.1. The van der Waals surface area contributed by atoms with Gasteiger partial charge in [-0.25, -0.2) is 4.98 Å². The average molecular weight is 319 g/mol. The summed E-state index contributed by atoms with van der Waals surface area (Å²) in [7, 11) is 1.49. The number of hydrogen-bond acceptors (Lipinski definition) is 6. The van der Waals surface area contributed by atoms with E-state index in [1.54, 1.807) is 30.5 Å². The van der Waals surface area contributed by atoms with Crippen LogP contribution in [0.25, 0.3) is 0 Å². The SMILES string of the molecule is COc1ccc(NC(=O)c2ccc(SC)c([N+](=O)[O-])c2)cn1. The molecule has 1 N–H and O–H groups in total. The van der Waals surface area contributed by atoms with E-state index in [-0.39, 0.29) is 11.3 Å². The molecular formula is C14H13N3O4S. The molecule has 2 rings (SSSR count). The summed E-state index contributed by atoms with van der Waals surface area (Å²) < 4.78 is 4.93. The van der Waals surface area contributed by atoms with Crippen LogP contribution in [0.3, 0.4) is 0 Å². The fourth-order valence-electron chi connectivity index (χ4n) is 1.75. The Balaban J connectivity index is 2.21. The molecule has 1 aromatic carbocycles. The maximum Gasteiger partial charge on any atom is 0.283 e. The Labute approximate surface area is 130 Å². The van der Waals surface area contributed by atoms with Crippen LogP contribution in [0.5, 0.6) is 5.88 Å². The van der Waals surface area contributed by atoms with Crippen molar-refractivity contribution in [3.63, 3.8) is 0 Å². The lowest BCUT2D eigenvalue weighted by atomic mass is 10.2. The summed E-state index contributed by atoms with van der Waals surface area (Å²) in [5.41, 5.74) is 0.593. The number of nitro groups is 1. The van der Waals surface area contributed by atoms with Crippen LogP contribution < -0.4 is 10.1 Å². The molecule has 2 aromatic rings. The molecule has 0 saturated carbocycles. The number of hydrogen-bond donors (Lipinski definition) is 1. The van der Waals surface area contributed by atoms with Gasteiger partial charge in [0.25, 0.3) is 11.6 Å². The van der Waals surface area contributed by atoms with E-state index in [0.29, 0.717) is 16.5 Å². The number of rotatable bonds is 5. The third-order valence-corrected chi connectivity index (χ3v) is 3.63. The molecule has 0 atom stereocenters. The zero-order valence-electron chi connectivity index (χ0n) is 11.9. The van der Waals surface area contributed by atoms with E-state index in [0.717, 1.165) is 0 Å². The summed E-state index contributed by atoms with van der Waals surface area (Å²) in [4.78, 5) is 27.1. The van der Waals surface area contributed by atoms with Crippen molar-refractivity contribution in [2.75, 3.05) is 18.7 Å². The normalized spacial score (nSPS) is 10.1. The van der Waals surface area contributed by atoms with Gasteiger partial charge in [-0.2, -0.15) is 0 Å². The van der Waals surface area contributed by atoms with E-state index < -0.39 is 10.8 Å². The zero-order chi connectivity index (χ0) is 16.1. The molecule has 1 heterocycles. The number of nitrogens with zero attached hydrogens (tertiary/aromatic N) is 2. The topological polar surface area (TPSA) is 94.4 Å². The highest BCUT2D eigenvalue weighted by atomic mass is 32.2. The fraction of sp³-hybridized carbons (Fsp3) is 0.143. The smallest absolute Gasteiger partial charge is 0.283 e. The number of amides is 1. The van der Waals surface area contributed by atoms with Crippen LogP contribution >= 0.6 is 11.8 Å². The second-order valence-corrected chi connectivity index (χ2v) is 5.04. The Hall–Kier alpha value is -2.61. The third kappa shape index (κ3) is 3.53. The van der Waals surface area contributed by atoms with Crippen molar-refractivity contribution in [3.8, 4) is 5.88 Å². The highest BCUT2D eigenvalue weighted by molar-refractivity contribution is 7.98. The molecule has 8 heteroatoms. The molecule has 0 aliphatic rings. The van der Waals surface area contributed by atoms with Crippen LogP contribution in [0.2, 0.25) is 0 Å². The maximum absolute atomic E-state index is 12.1. The van der Waals surface area contributed by atoms with Gasteiger partial charge in [-0.3, -0.25) is 14.9 Å². The Morgan fingerprint density at radius 1 is 1.36 bits per heavy atom. The molecule has 0 saturated heterocycles. The van der Waals surface area contributed by atoms with Gasteiger partial charge in [0, 0.05) is 17.7 Å². The van der Waals surface area contributed by atoms with Crippen molar-refractivity contribution in [2.24, 2.45) is 0 Å². The van der Waals surface area contributed by atoms with Gasteiger partial charge in [-0.1, -0.05) is 0 Å². The minimum Gasteiger partial charge on any atom is -0.481 e. The molecule has 0 aliphatic heterocycles. The Kier molecular flexibility index (Phi) is 4.95. The van der Waals surface area contributed by atoms with Crippen molar-refractivity contribution < 1.29 is 14.5 Å². The number of benzene rings is 1. The molecule has 0 spiro atoms. The summed E-state index contributed by atoms with van der Waals surface area (Å²) >= 11 is 1.25. The highest BCUT2D eigenvalue weighted by Gasteiger charge is 2.17. The van der Waals surface area contributed by atoms with Crippen LogP contribution in [0, 0.1) is 10.1 Å². The summed E-state index contributed by atoms with van der Waals surface area (Å²) in [6, 6.07) is 7.61. The van der Waals surface area contributed by atoms with E-state index in [9.17, 15) is 14.9 Å². The Bertz CT molecular complexity index is 704. The number of nitro benzene ring substituents is 1. The van der Waals surface area contributed by atoms with Gasteiger partial charge in [-0.15, -0.1) is 11.8 Å². The first-order chi connectivity index (χ1) is 10.5. The quantitative estimate of drug-likeness (QED) is 0.517. The first-order valence-corrected chi connectivity index (χ1v) is 7.41. The molecule has 114 valence electrons. The number of thioether (sulfide) groups is 1. The first kappa shape index (κ1) is 15.8. The van der Waals surface area contributed by atoms with Crippen molar-refractivity contribution in [2.45, 2.75) is 4.90 Å². The molecule has 1 aromatic heterocycles. The fourth-order valence-corrected chi connectivity index (χ4v) is 2.30. The van der Waals surface area contributed by atoms with Crippen molar-refractivity contribution in [1.82, 2.24) is 4.98 Å². The van der Waals surface area contributed by atoms with Gasteiger partial charge >= 0.3 is 0 Å². The molecule has 0 radical (unpaired) electrons. The second kappa shape index (κ2) is 6.90. The summed E-state index contributed by atoms with van der Waals surface area (Å²) in [5, 5.41) is 13.6. The van der Waals surface area contributed by atoms with E-state index in [2.05, 4.69) is 10.3 Å². The number of ether oxygens (including phenoxy) is 1. The van der Waals surface area contributed by atoms with E-state index >= 15 is 0 Å². The molecule has 0 unspecified atom stereocenters. The monoisotopic (exact) mass is 319 g/mol. The Morgan fingerprint density at radius 3 is 2.68 bits per heavy atom. The molecule has 22 heavy (non-hydrogen) atoms. The first-order valence-electron chi connectivity index (χ1n) is 6.19. The van der Waals surface area contributed by atoms with Gasteiger partial charge in [0.05, 0.1) is 28.8 Å². The number of aromatic nitrogens is 1. The summed E-state index contributed by atoms with van der Waals surface area (Å²) in [6.07, 6.45) is 3.19. The van der Waals surface area contributed by atoms with Gasteiger partial charge in [0.15, 0.2) is 0 Å². The molecule has 0 bridgehead atoms. The lowest BCUT2D eigenvalue weighted by Crippen LogP contribution is -2.12. The minimum absolute atomic E-state index is 0.0898. The van der Waals surface area contributed by atoms with Crippen molar-refractivity contribution in [3.05, 3.63) is 52.2 Å². The van der Waals surface area contributed by atoms with E-state index in [1.165, 1.54) is 31.1 Å². The van der Waals surface area contributed by atoms with Gasteiger partial charge in [0.1, 0.15) is 0 Å². The second-order valence-electron chi connectivity index (χ2n) is 4.19. The third-order valence-electron chi connectivity index (χ3n) is 2.84. The zero-order valence-corrected chi connectivity index (χ0v) is 12.7. The van der Waals surface area contributed by atoms with Crippen LogP contribution in [-0.4, -0.2) is 29.2 Å². The summed E-state index contributed by atoms with van der Waals surface area (Å²) in [5.74, 6) is -0.0133. The van der Waals surface area contributed by atoms with Gasteiger partial charge in [-0.05, 0) is 24.5 Å². The predicted molar refractivity (Wildman–Crippen MR) is 83.6 cm³/mol. The lowest BCUT2D eigenvalue weighted by molar-refractivity contribution is -0.387. The van der Waals surface area contributed by atoms with E-state index in [4.69, 9.17) is 4.74 Å². The largest absolute Gasteiger partial charge is 0.481 e. The van der Waals surface area contributed by atoms with Crippen LogP contribution in [0.4, 0.5) is 11.4 Å². The molecular weight excluding hydrogens is 306 g/mol. The molecule has 0 fully saturated rings. The van der Waals surface area contributed by atoms with Gasteiger partial charge in [0.2, 0.25) is 5.88 Å². The number of pyridine rings is 1. The Morgan fingerprint density at radius 2 is 2.14 bits per heavy atom. The lowest BCUT2D eigenvalue weighted by Gasteiger charge is -2.07. The summed E-state index contributed by atoms with van der Waals surface area (Å²) in [6.45, 7) is 0. The van der Waals surface area contributed by atoms with Crippen molar-refractivity contribution in [1.29, 1.82) is 0 Å². The average Bonchev–Trinajstić information content (AvgIpc) is 2.54. The standard InChI is InChI=1S/C14H13N3O4S/c1-21-13-6-4-10(8-15-13)16-14(18)9-3-5-12(22-2)11(7-9)17(19)20/h3-8H,1-2H3,(H,16,18). The predicted octanol–water partition coefficient (Wildman–Crippen LogP) is 2.97. The highest BCUT2D eigenvalue weighted by Crippen LogP contribution is 2.28. The molecule has 1 amide bonds. The number of anilines is 1. The number of methoxy groups -OCH3 is 1. The van der Waals surface area contributed by atoms with Crippen molar-refractivity contribution >= 4 is 29.0 Å². The molecule has 7 nitrogen and oxygen atoms in total. The number of carbonyl (C=O) groups is 1. The van der Waals surface area contributed by atoms with E-state index in [1.807, 2.05) is 0 Å². The number of nitrogens with one attached hydrogen (secondary N) is 1. The minimum atomic E-state index is -0.502. The number of carbonyl (C=O) groups excluding carboxylic acids is 1. The van der Waals surface area contributed by atoms with Crippen LogP contribution in [0.1, 0.15) is 10.4 Å². The van der Waals surface area contributed by atoms with Crippen LogP contribution in [-0.2, 0) is 0 Å². The van der Waals surface area contributed by atoms with Gasteiger partial charge < -0.3 is 10.1 Å². The van der Waals surface area contributed by atoms with Crippen LogP contribution in [0.15, 0.2) is 41.4 Å². The molecule has 0 aliphatic carbocycles.